The van der Waals surface area contributed by atoms with Crippen molar-refractivity contribution >= 4 is 23.1 Å². The van der Waals surface area contributed by atoms with E-state index in [2.05, 4.69) is 17.4 Å². The average molecular weight is 492 g/mol. The molecule has 1 atom stereocenters. The number of carbonyl (C=O) groups excluding carboxylic acids is 1. The van der Waals surface area contributed by atoms with Crippen LogP contribution in [0.15, 0.2) is 72.1 Å². The lowest BCUT2D eigenvalue weighted by Gasteiger charge is -2.52. The molecule has 1 unspecified atom stereocenters. The number of para-hydroxylation sites is 1. The van der Waals surface area contributed by atoms with Gasteiger partial charge in [-0.1, -0.05) is 48.5 Å². The van der Waals surface area contributed by atoms with Crippen molar-refractivity contribution in [1.82, 2.24) is 0 Å². The van der Waals surface area contributed by atoms with Crippen molar-refractivity contribution in [2.45, 2.75) is 25.7 Å². The van der Waals surface area contributed by atoms with E-state index in [4.69, 9.17) is 9.47 Å². The number of hydrogen-bond donors (Lipinski definition) is 1. The van der Waals surface area contributed by atoms with E-state index in [0.717, 1.165) is 41.4 Å². The topological polar surface area (TPSA) is 47.6 Å². The zero-order valence-electron chi connectivity index (χ0n) is 20.2. The van der Waals surface area contributed by atoms with Gasteiger partial charge in [0, 0.05) is 18.8 Å². The molecule has 6 rings (SSSR count). The lowest BCUT2D eigenvalue weighted by molar-refractivity contribution is -0.947. The number of piperidine rings is 3. The van der Waals surface area contributed by atoms with Crippen molar-refractivity contribution in [3.05, 3.63) is 72.1 Å². The van der Waals surface area contributed by atoms with Crippen LogP contribution in [0.5, 0.6) is 5.75 Å². The molecule has 3 fully saturated rings. The Hall–Kier alpha value is -2.83. The minimum absolute atomic E-state index is 0.346. The fraction of sp³-hybridized carbons (Fsp3) is 0.414. The molecule has 0 saturated carbocycles. The number of rotatable bonds is 10. The smallest absolute Gasteiger partial charge is 0.411 e. The molecule has 2 aromatic carbocycles. The molecule has 3 aromatic rings. The predicted octanol–water partition coefficient (Wildman–Crippen LogP) is 6.68. The van der Waals surface area contributed by atoms with Crippen LogP contribution in [-0.4, -0.2) is 50.0 Å². The van der Waals surface area contributed by atoms with Crippen LogP contribution >= 0.6 is 11.3 Å². The van der Waals surface area contributed by atoms with E-state index in [1.54, 1.807) is 11.3 Å². The van der Waals surface area contributed by atoms with Crippen molar-refractivity contribution in [3.8, 4) is 16.2 Å². The number of unbranched alkanes of at least 4 members (excludes halogenated alkanes) is 1. The zero-order valence-corrected chi connectivity index (χ0v) is 21.1. The van der Waals surface area contributed by atoms with E-state index >= 15 is 0 Å². The summed E-state index contributed by atoms with van der Waals surface area (Å²) in [4.78, 5) is 13.7. The van der Waals surface area contributed by atoms with Crippen LogP contribution in [0.2, 0.25) is 0 Å². The number of quaternary nitrogens is 1. The first-order valence-electron chi connectivity index (χ1n) is 12.8. The highest BCUT2D eigenvalue weighted by Gasteiger charge is 2.45. The number of carbonyl (C=O) groups is 1. The Morgan fingerprint density at radius 1 is 0.971 bits per heavy atom. The molecule has 0 aliphatic carbocycles. The monoisotopic (exact) mass is 491 g/mol. The molecule has 1 aromatic heterocycles. The highest BCUT2D eigenvalue weighted by molar-refractivity contribution is 7.14. The van der Waals surface area contributed by atoms with Crippen molar-refractivity contribution in [1.29, 1.82) is 0 Å². The van der Waals surface area contributed by atoms with Crippen LogP contribution < -0.4 is 10.1 Å². The minimum atomic E-state index is -0.346. The summed E-state index contributed by atoms with van der Waals surface area (Å²) >= 11 is 1.63. The summed E-state index contributed by atoms with van der Waals surface area (Å²) < 4.78 is 12.8. The third-order valence-corrected chi connectivity index (χ3v) is 8.61. The van der Waals surface area contributed by atoms with Crippen LogP contribution in [0.25, 0.3) is 10.4 Å². The maximum atomic E-state index is 12.6. The highest BCUT2D eigenvalue weighted by atomic mass is 32.1. The SMILES string of the molecule is O=C(Nc1ccsc1-c1ccccc1)OCC1C[N+]2(CCCCOc3ccccc3)CCC1CC2. The Balaban J connectivity index is 1.07. The first kappa shape index (κ1) is 23.9. The van der Waals surface area contributed by atoms with E-state index in [1.807, 2.05) is 60.0 Å². The molecule has 4 heterocycles. The fourth-order valence-corrected chi connectivity index (χ4v) is 6.60. The van der Waals surface area contributed by atoms with Crippen LogP contribution in [0.4, 0.5) is 10.5 Å². The maximum Gasteiger partial charge on any atom is 0.411 e. The number of fused-ring (bicyclic) bond motifs is 3. The van der Waals surface area contributed by atoms with Gasteiger partial charge in [0.25, 0.3) is 0 Å². The third-order valence-electron chi connectivity index (χ3n) is 7.64. The fourth-order valence-electron chi connectivity index (χ4n) is 5.75. The molecule has 0 radical (unpaired) electrons. The normalized spacial score (nSPS) is 23.1. The minimum Gasteiger partial charge on any atom is -0.494 e. The predicted molar refractivity (Wildman–Crippen MR) is 142 cm³/mol. The van der Waals surface area contributed by atoms with Crippen molar-refractivity contribution < 1.29 is 18.8 Å². The number of ether oxygens (including phenoxy) is 2. The van der Waals surface area contributed by atoms with Gasteiger partial charge in [0.2, 0.25) is 0 Å². The summed E-state index contributed by atoms with van der Waals surface area (Å²) in [6, 6.07) is 22.2. The molecule has 3 aliphatic heterocycles. The van der Waals surface area contributed by atoms with Gasteiger partial charge in [-0.2, -0.15) is 0 Å². The first-order valence-corrected chi connectivity index (χ1v) is 13.7. The van der Waals surface area contributed by atoms with E-state index in [0.29, 0.717) is 18.4 Å². The van der Waals surface area contributed by atoms with Crippen LogP contribution in [0, 0.1) is 11.8 Å². The maximum absolute atomic E-state index is 12.6. The second kappa shape index (κ2) is 11.3. The van der Waals surface area contributed by atoms with Gasteiger partial charge in [0.05, 0.1) is 43.4 Å². The van der Waals surface area contributed by atoms with Crippen molar-refractivity contribution in [2.75, 3.05) is 44.7 Å². The van der Waals surface area contributed by atoms with Gasteiger partial charge >= 0.3 is 6.09 Å². The summed E-state index contributed by atoms with van der Waals surface area (Å²) in [6.45, 7) is 6.14. The van der Waals surface area contributed by atoms with E-state index in [9.17, 15) is 4.79 Å². The Kier molecular flexibility index (Phi) is 7.69. The van der Waals surface area contributed by atoms with Gasteiger partial charge in [-0.25, -0.2) is 4.79 Å². The van der Waals surface area contributed by atoms with Gasteiger partial charge in [-0.15, -0.1) is 11.3 Å². The average Bonchev–Trinajstić information content (AvgIpc) is 3.37. The van der Waals surface area contributed by atoms with Gasteiger partial charge in [0.15, 0.2) is 0 Å². The summed E-state index contributed by atoms with van der Waals surface area (Å²) in [5.74, 6) is 2.09. The van der Waals surface area contributed by atoms with E-state index < -0.39 is 0 Å². The van der Waals surface area contributed by atoms with Gasteiger partial charge in [-0.05, 0) is 47.9 Å². The van der Waals surface area contributed by atoms with Gasteiger partial charge in [0.1, 0.15) is 12.4 Å². The summed E-state index contributed by atoms with van der Waals surface area (Å²) in [5, 5.41) is 4.98. The van der Waals surface area contributed by atoms with Crippen LogP contribution in [0.3, 0.4) is 0 Å². The number of hydrogen-bond acceptors (Lipinski definition) is 4. The molecule has 3 saturated heterocycles. The van der Waals surface area contributed by atoms with Gasteiger partial charge < -0.3 is 14.0 Å². The van der Waals surface area contributed by atoms with Crippen LogP contribution in [-0.2, 0) is 4.74 Å². The molecular formula is C29H35N2O3S+. The standard InChI is InChI=1S/C29H34N2O3S/c32-29(30-27-15-20-35-28(27)24-9-3-1-4-10-24)34-22-25-21-31(17-13-23(25)14-18-31)16-7-8-19-33-26-11-5-2-6-12-26/h1-6,9-12,15,20,23,25H,7-8,13-14,16-19,21-22H2/p+1. The Morgan fingerprint density at radius 3 is 2.49 bits per heavy atom. The molecule has 5 nitrogen and oxygen atoms in total. The summed E-state index contributed by atoms with van der Waals surface area (Å²) in [5.41, 5.74) is 1.93. The summed E-state index contributed by atoms with van der Waals surface area (Å²) in [7, 11) is 0. The lowest BCUT2D eigenvalue weighted by Crippen LogP contribution is -2.62. The molecule has 0 spiro atoms. The number of thiophene rings is 1. The Labute approximate surface area is 212 Å². The molecular weight excluding hydrogens is 456 g/mol. The third kappa shape index (κ3) is 6.06. The van der Waals surface area contributed by atoms with E-state index in [1.165, 1.54) is 43.4 Å². The number of anilines is 1. The number of amides is 1. The quantitative estimate of drug-likeness (QED) is 0.254. The number of nitrogens with zero attached hydrogens (tertiary/aromatic N) is 1. The molecule has 3 aliphatic rings. The molecule has 35 heavy (non-hydrogen) atoms. The molecule has 6 heteroatoms. The van der Waals surface area contributed by atoms with Crippen molar-refractivity contribution in [3.63, 3.8) is 0 Å². The Bertz CT molecular complexity index is 1080. The number of nitrogens with one attached hydrogen (secondary N) is 1. The van der Waals surface area contributed by atoms with E-state index in [-0.39, 0.29) is 6.09 Å². The molecule has 1 amide bonds. The largest absolute Gasteiger partial charge is 0.494 e. The number of benzene rings is 2. The Morgan fingerprint density at radius 2 is 1.71 bits per heavy atom. The lowest BCUT2D eigenvalue weighted by atomic mass is 9.77. The van der Waals surface area contributed by atoms with Gasteiger partial charge in [-0.3, -0.25) is 5.32 Å². The van der Waals surface area contributed by atoms with Crippen LogP contribution in [0.1, 0.15) is 25.7 Å². The summed E-state index contributed by atoms with van der Waals surface area (Å²) in [6.07, 6.45) is 4.40. The van der Waals surface area contributed by atoms with Crippen molar-refractivity contribution in [2.24, 2.45) is 11.8 Å². The zero-order chi connectivity index (χ0) is 23.9. The first-order chi connectivity index (χ1) is 17.2. The highest BCUT2D eigenvalue weighted by Crippen LogP contribution is 2.38. The molecule has 184 valence electrons. The molecule has 1 N–H and O–H groups in total. The second-order valence-corrected chi connectivity index (χ2v) is 10.8. The molecule has 2 bridgehead atoms. The second-order valence-electron chi connectivity index (χ2n) is 9.91.